The smallest absolute Gasteiger partial charge is 0.405 e. The van der Waals surface area contributed by atoms with Gasteiger partial charge in [0.05, 0.1) is 6.10 Å². The number of aliphatic hydroxyl groups is 1. The van der Waals surface area contributed by atoms with Crippen molar-refractivity contribution in [1.82, 2.24) is 5.32 Å². The average molecular weight is 453 g/mol. The number of nitrogens with one attached hydrogen (secondary N) is 1. The molecule has 0 spiro atoms. The van der Waals surface area contributed by atoms with E-state index in [-0.39, 0.29) is 0 Å². The fraction of sp³-hybridized carbons (Fsp3) is 0.350. The van der Waals surface area contributed by atoms with Crippen LogP contribution in [0.1, 0.15) is 43.7 Å². The Balaban J connectivity index is 2.61. The minimum absolute atomic E-state index is 0.522. The third-order valence-corrected chi connectivity index (χ3v) is 5.35. The van der Waals surface area contributed by atoms with Gasteiger partial charge in [0.2, 0.25) is 0 Å². The van der Waals surface area contributed by atoms with E-state index in [0.717, 1.165) is 34.0 Å². The van der Waals surface area contributed by atoms with E-state index >= 15 is 0 Å². The van der Waals surface area contributed by atoms with Gasteiger partial charge >= 0.3 is 6.09 Å². The highest BCUT2D eigenvalue weighted by atomic mass is 127. The molecule has 0 saturated carbocycles. The van der Waals surface area contributed by atoms with Gasteiger partial charge in [0.1, 0.15) is 5.54 Å². The molecule has 2 unspecified atom stereocenters. The molecule has 0 bridgehead atoms. The van der Waals surface area contributed by atoms with Crippen LogP contribution in [0.4, 0.5) is 4.79 Å². The Bertz CT molecular complexity index is 692. The summed E-state index contributed by atoms with van der Waals surface area (Å²) < 4.78 is 0.909. The third kappa shape index (κ3) is 4.52. The first-order valence-electron chi connectivity index (χ1n) is 8.52. The summed E-state index contributed by atoms with van der Waals surface area (Å²) in [6, 6.07) is 16.9. The topological polar surface area (TPSA) is 69.6 Å². The second kappa shape index (κ2) is 9.20. The van der Waals surface area contributed by atoms with Crippen molar-refractivity contribution in [2.45, 2.75) is 44.2 Å². The molecule has 0 saturated heterocycles. The Kier molecular flexibility index (Phi) is 7.25. The first-order valence-corrected chi connectivity index (χ1v) is 9.60. The Morgan fingerprint density at radius 3 is 2.36 bits per heavy atom. The number of hydrogen-bond acceptors (Lipinski definition) is 2. The lowest BCUT2D eigenvalue weighted by molar-refractivity contribution is 0.0685. The normalized spacial score (nSPS) is 14.5. The number of hydrogen-bond donors (Lipinski definition) is 3. The van der Waals surface area contributed by atoms with Gasteiger partial charge in [-0.05, 0) is 46.2 Å². The summed E-state index contributed by atoms with van der Waals surface area (Å²) in [5.74, 6) is 0. The zero-order valence-electron chi connectivity index (χ0n) is 14.3. The SMILES string of the molecule is CCCCCC(O)C(NC(=O)O)(c1ccccc1)c1ccccc1I. The quantitative estimate of drug-likeness (QED) is 0.400. The summed E-state index contributed by atoms with van der Waals surface area (Å²) in [4.78, 5) is 11.7. The van der Waals surface area contributed by atoms with Crippen LogP contribution in [0.5, 0.6) is 0 Å². The molecular formula is C20H24INO3. The number of carbonyl (C=O) groups is 1. The van der Waals surface area contributed by atoms with Gasteiger partial charge in [0.25, 0.3) is 0 Å². The van der Waals surface area contributed by atoms with Gasteiger partial charge < -0.3 is 15.5 Å². The van der Waals surface area contributed by atoms with E-state index < -0.39 is 17.7 Å². The number of aliphatic hydroxyl groups excluding tert-OH is 1. The molecule has 1 amide bonds. The van der Waals surface area contributed by atoms with Crippen LogP contribution in [0.25, 0.3) is 0 Å². The summed E-state index contributed by atoms with van der Waals surface area (Å²) in [5, 5.41) is 23.4. The monoisotopic (exact) mass is 453 g/mol. The van der Waals surface area contributed by atoms with Crippen molar-refractivity contribution in [3.8, 4) is 0 Å². The van der Waals surface area contributed by atoms with E-state index in [1.54, 1.807) is 0 Å². The fourth-order valence-electron chi connectivity index (χ4n) is 3.21. The lowest BCUT2D eigenvalue weighted by Gasteiger charge is -2.40. The zero-order chi connectivity index (χ0) is 18.3. The lowest BCUT2D eigenvalue weighted by Crippen LogP contribution is -2.55. The standard InChI is InChI=1S/C20H24INO3/c1-2-3-5-14-18(23)20(22-19(24)25,15-10-6-4-7-11-15)16-12-8-9-13-17(16)21/h4,6-13,18,22-23H,2-3,5,14H2,1H3,(H,24,25). The van der Waals surface area contributed by atoms with Crippen LogP contribution in [-0.4, -0.2) is 22.4 Å². The molecule has 2 atom stereocenters. The third-order valence-electron chi connectivity index (χ3n) is 4.41. The summed E-state index contributed by atoms with van der Waals surface area (Å²) >= 11 is 2.19. The van der Waals surface area contributed by atoms with Crippen LogP contribution in [0, 0.1) is 3.57 Å². The molecule has 0 aromatic heterocycles. The minimum atomic E-state index is -1.20. The van der Waals surface area contributed by atoms with E-state index in [2.05, 4.69) is 34.8 Å². The maximum absolute atomic E-state index is 11.7. The van der Waals surface area contributed by atoms with Crippen molar-refractivity contribution >= 4 is 28.7 Å². The van der Waals surface area contributed by atoms with Crippen molar-refractivity contribution in [2.24, 2.45) is 0 Å². The highest BCUT2D eigenvalue weighted by Gasteiger charge is 2.43. The number of rotatable bonds is 8. The molecule has 3 N–H and O–H groups in total. The molecular weight excluding hydrogens is 429 g/mol. The Labute approximate surface area is 162 Å². The van der Waals surface area contributed by atoms with Crippen molar-refractivity contribution in [1.29, 1.82) is 0 Å². The van der Waals surface area contributed by atoms with Gasteiger partial charge in [0, 0.05) is 3.57 Å². The molecule has 0 aliphatic rings. The maximum Gasteiger partial charge on any atom is 0.405 e. The Morgan fingerprint density at radius 1 is 1.12 bits per heavy atom. The van der Waals surface area contributed by atoms with Gasteiger partial charge in [0.15, 0.2) is 0 Å². The van der Waals surface area contributed by atoms with Crippen LogP contribution in [0.2, 0.25) is 0 Å². The molecule has 0 aliphatic heterocycles. The highest BCUT2D eigenvalue weighted by Crippen LogP contribution is 2.37. The lowest BCUT2D eigenvalue weighted by atomic mass is 9.76. The molecule has 2 aromatic carbocycles. The molecule has 0 radical (unpaired) electrons. The largest absolute Gasteiger partial charge is 0.465 e. The molecule has 2 aromatic rings. The summed E-state index contributed by atoms with van der Waals surface area (Å²) in [7, 11) is 0. The number of amides is 1. The van der Waals surface area contributed by atoms with Gasteiger partial charge in [-0.1, -0.05) is 74.7 Å². The van der Waals surface area contributed by atoms with Gasteiger partial charge in [-0.25, -0.2) is 4.79 Å². The number of carboxylic acid groups (broad SMARTS) is 1. The second-order valence-electron chi connectivity index (χ2n) is 6.10. The van der Waals surface area contributed by atoms with Crippen molar-refractivity contribution in [3.63, 3.8) is 0 Å². The van der Waals surface area contributed by atoms with Crippen molar-refractivity contribution in [2.75, 3.05) is 0 Å². The molecule has 4 nitrogen and oxygen atoms in total. The molecule has 0 fully saturated rings. The molecule has 0 heterocycles. The molecule has 134 valence electrons. The first-order chi connectivity index (χ1) is 12.0. The minimum Gasteiger partial charge on any atom is -0.465 e. The predicted octanol–water partition coefficient (Wildman–Crippen LogP) is 4.74. The molecule has 0 aliphatic carbocycles. The van der Waals surface area contributed by atoms with Crippen molar-refractivity contribution < 1.29 is 15.0 Å². The average Bonchev–Trinajstić information content (AvgIpc) is 2.61. The van der Waals surface area contributed by atoms with Gasteiger partial charge in [-0.2, -0.15) is 0 Å². The van der Waals surface area contributed by atoms with Crippen LogP contribution in [0.3, 0.4) is 0 Å². The summed E-state index contributed by atoms with van der Waals surface area (Å²) in [6.45, 7) is 2.10. The fourth-order valence-corrected chi connectivity index (χ4v) is 4.02. The first kappa shape index (κ1) is 19.7. The molecule has 5 heteroatoms. The summed E-state index contributed by atoms with van der Waals surface area (Å²) in [5.41, 5.74) is 0.317. The Hall–Kier alpha value is -1.60. The van der Waals surface area contributed by atoms with E-state index in [1.165, 1.54) is 0 Å². The number of unbranched alkanes of at least 4 members (excludes halogenated alkanes) is 2. The molecule has 25 heavy (non-hydrogen) atoms. The zero-order valence-corrected chi connectivity index (χ0v) is 16.4. The van der Waals surface area contributed by atoms with E-state index in [4.69, 9.17) is 0 Å². The van der Waals surface area contributed by atoms with Gasteiger partial charge in [-0.15, -0.1) is 0 Å². The number of halogens is 1. The second-order valence-corrected chi connectivity index (χ2v) is 7.26. The van der Waals surface area contributed by atoms with Gasteiger partial charge in [-0.3, -0.25) is 0 Å². The van der Waals surface area contributed by atoms with Crippen LogP contribution in [0.15, 0.2) is 54.6 Å². The van der Waals surface area contributed by atoms with Crippen LogP contribution >= 0.6 is 22.6 Å². The van der Waals surface area contributed by atoms with Crippen LogP contribution in [-0.2, 0) is 5.54 Å². The van der Waals surface area contributed by atoms with E-state index in [9.17, 15) is 15.0 Å². The van der Waals surface area contributed by atoms with Crippen LogP contribution < -0.4 is 5.32 Å². The predicted molar refractivity (Wildman–Crippen MR) is 108 cm³/mol. The highest BCUT2D eigenvalue weighted by molar-refractivity contribution is 14.1. The summed E-state index contributed by atoms with van der Waals surface area (Å²) in [6.07, 6.45) is 1.39. The molecule has 2 rings (SSSR count). The number of benzene rings is 2. The van der Waals surface area contributed by atoms with E-state index in [0.29, 0.717) is 6.42 Å². The van der Waals surface area contributed by atoms with Crippen molar-refractivity contribution in [3.05, 3.63) is 69.3 Å². The van der Waals surface area contributed by atoms with E-state index in [1.807, 2.05) is 54.6 Å². The maximum atomic E-state index is 11.7. The Morgan fingerprint density at radius 2 is 1.76 bits per heavy atom.